The Morgan fingerprint density at radius 2 is 2.38 bits per heavy atom. The molecule has 0 saturated carbocycles. The minimum Gasteiger partial charge on any atom is -0.492 e. The summed E-state index contributed by atoms with van der Waals surface area (Å²) >= 11 is 1.80. The van der Waals surface area contributed by atoms with Crippen molar-refractivity contribution < 1.29 is 14.6 Å². The molecule has 1 aliphatic heterocycles. The number of hydrogen-bond acceptors (Lipinski definition) is 3. The molecule has 0 atom stereocenters. The van der Waals surface area contributed by atoms with Crippen molar-refractivity contribution in [1.29, 1.82) is 0 Å². The van der Waals surface area contributed by atoms with E-state index in [1.165, 1.54) is 10.5 Å². The number of carboxylic acids is 1. The lowest BCUT2D eigenvalue weighted by Gasteiger charge is -2.19. The summed E-state index contributed by atoms with van der Waals surface area (Å²) in [6.45, 7) is 0.760. The van der Waals surface area contributed by atoms with Gasteiger partial charge < -0.3 is 9.84 Å². The van der Waals surface area contributed by atoms with Crippen LogP contribution in [-0.4, -0.2) is 23.4 Å². The first kappa shape index (κ1) is 11.3. The van der Waals surface area contributed by atoms with E-state index in [0.717, 1.165) is 24.5 Å². The molecule has 1 heterocycles. The molecule has 1 N–H and O–H groups in total. The maximum Gasteiger partial charge on any atom is 0.303 e. The van der Waals surface area contributed by atoms with E-state index in [4.69, 9.17) is 9.84 Å². The van der Waals surface area contributed by atoms with E-state index in [-0.39, 0.29) is 6.42 Å². The largest absolute Gasteiger partial charge is 0.492 e. The van der Waals surface area contributed by atoms with Crippen LogP contribution in [0.2, 0.25) is 0 Å². The first-order chi connectivity index (χ1) is 7.77. The number of thioether (sulfide) groups is 1. The number of aryl methyl sites for hydroxylation is 1. The summed E-state index contributed by atoms with van der Waals surface area (Å²) in [5, 5.41) is 8.60. The number of carbonyl (C=O) groups is 1. The Labute approximate surface area is 98.8 Å². The van der Waals surface area contributed by atoms with E-state index in [0.29, 0.717) is 6.42 Å². The zero-order valence-electron chi connectivity index (χ0n) is 8.94. The van der Waals surface area contributed by atoms with Crippen LogP contribution in [0.5, 0.6) is 5.75 Å². The van der Waals surface area contributed by atoms with Crippen LogP contribution < -0.4 is 4.74 Å². The van der Waals surface area contributed by atoms with Gasteiger partial charge in [-0.05, 0) is 24.5 Å². The van der Waals surface area contributed by atoms with Gasteiger partial charge in [-0.2, -0.15) is 0 Å². The Morgan fingerprint density at radius 1 is 1.50 bits per heavy atom. The maximum atomic E-state index is 10.4. The van der Waals surface area contributed by atoms with Gasteiger partial charge in [-0.15, -0.1) is 11.8 Å². The fraction of sp³-hybridized carbons (Fsp3) is 0.417. The van der Waals surface area contributed by atoms with Gasteiger partial charge in [-0.3, -0.25) is 4.79 Å². The Hall–Kier alpha value is -1.16. The molecule has 0 aliphatic carbocycles. The Bertz CT molecular complexity index is 390. The van der Waals surface area contributed by atoms with Gasteiger partial charge in [0, 0.05) is 12.2 Å². The lowest BCUT2D eigenvalue weighted by atomic mass is 10.1. The molecule has 86 valence electrons. The number of hydrogen-bond donors (Lipinski definition) is 1. The fourth-order valence-corrected chi connectivity index (χ4v) is 2.76. The lowest BCUT2D eigenvalue weighted by molar-refractivity contribution is -0.137. The van der Waals surface area contributed by atoms with E-state index >= 15 is 0 Å². The van der Waals surface area contributed by atoms with Crippen molar-refractivity contribution in [3.8, 4) is 5.75 Å². The highest BCUT2D eigenvalue weighted by Crippen LogP contribution is 2.36. The van der Waals surface area contributed by atoms with Gasteiger partial charge in [-0.25, -0.2) is 0 Å². The van der Waals surface area contributed by atoms with E-state index in [1.54, 1.807) is 11.8 Å². The van der Waals surface area contributed by atoms with E-state index in [1.807, 2.05) is 12.1 Å². The Balaban J connectivity index is 2.05. The topological polar surface area (TPSA) is 46.5 Å². The molecule has 3 nitrogen and oxygen atoms in total. The average molecular weight is 238 g/mol. The van der Waals surface area contributed by atoms with Gasteiger partial charge in [0.15, 0.2) is 0 Å². The molecule has 16 heavy (non-hydrogen) atoms. The molecule has 0 amide bonds. The van der Waals surface area contributed by atoms with Crippen LogP contribution in [0.15, 0.2) is 23.1 Å². The summed E-state index contributed by atoms with van der Waals surface area (Å²) in [7, 11) is 0. The average Bonchev–Trinajstić information content (AvgIpc) is 2.29. The third kappa shape index (κ3) is 2.70. The standard InChI is InChI=1S/C12H14O3S/c13-11(14)6-2-4-9-3-1-5-10-12(9)16-8-7-15-10/h1,3,5H,2,4,6-8H2,(H,13,14). The predicted octanol–water partition coefficient (Wildman–Crippen LogP) is 2.58. The number of rotatable bonds is 4. The molecular weight excluding hydrogens is 224 g/mol. The van der Waals surface area contributed by atoms with Crippen LogP contribution in [0.3, 0.4) is 0 Å². The molecule has 4 heteroatoms. The summed E-state index contributed by atoms with van der Waals surface area (Å²) in [6.07, 6.45) is 1.73. The Morgan fingerprint density at radius 3 is 3.19 bits per heavy atom. The van der Waals surface area contributed by atoms with Crippen LogP contribution >= 0.6 is 11.8 Å². The number of aliphatic carboxylic acids is 1. The van der Waals surface area contributed by atoms with Crippen LogP contribution in [0.4, 0.5) is 0 Å². The SMILES string of the molecule is O=C(O)CCCc1cccc2c1SCCO2. The highest BCUT2D eigenvalue weighted by Gasteiger charge is 2.14. The highest BCUT2D eigenvalue weighted by atomic mass is 32.2. The molecule has 1 aromatic rings. The monoisotopic (exact) mass is 238 g/mol. The van der Waals surface area contributed by atoms with Gasteiger partial charge in [-0.1, -0.05) is 12.1 Å². The van der Waals surface area contributed by atoms with Gasteiger partial charge >= 0.3 is 5.97 Å². The second kappa shape index (κ2) is 5.25. The lowest BCUT2D eigenvalue weighted by Crippen LogP contribution is -2.08. The van der Waals surface area contributed by atoms with Crippen molar-refractivity contribution in [3.63, 3.8) is 0 Å². The number of carboxylic acid groups (broad SMARTS) is 1. The molecule has 0 saturated heterocycles. The third-order valence-electron chi connectivity index (χ3n) is 2.48. The van der Waals surface area contributed by atoms with Crippen molar-refractivity contribution in [1.82, 2.24) is 0 Å². The molecule has 0 aromatic heterocycles. The highest BCUT2D eigenvalue weighted by molar-refractivity contribution is 7.99. The molecule has 0 unspecified atom stereocenters. The van der Waals surface area contributed by atoms with Crippen molar-refractivity contribution in [2.45, 2.75) is 24.2 Å². The fourth-order valence-electron chi connectivity index (χ4n) is 1.76. The van der Waals surface area contributed by atoms with Crippen LogP contribution in [0, 0.1) is 0 Å². The molecule has 0 fully saturated rings. The third-order valence-corrected chi connectivity index (χ3v) is 3.61. The second-order valence-electron chi connectivity index (χ2n) is 3.69. The van der Waals surface area contributed by atoms with Gasteiger partial charge in [0.05, 0.1) is 11.5 Å². The van der Waals surface area contributed by atoms with E-state index in [9.17, 15) is 4.79 Å². The summed E-state index contributed by atoms with van der Waals surface area (Å²) in [4.78, 5) is 11.6. The summed E-state index contributed by atoms with van der Waals surface area (Å²) in [5.74, 6) is 1.20. The normalized spacial score (nSPS) is 14.0. The zero-order chi connectivity index (χ0) is 11.4. The summed E-state index contributed by atoms with van der Waals surface area (Å²) in [6, 6.07) is 6.01. The van der Waals surface area contributed by atoms with Crippen LogP contribution in [-0.2, 0) is 11.2 Å². The molecule has 2 rings (SSSR count). The number of fused-ring (bicyclic) bond motifs is 1. The molecule has 0 bridgehead atoms. The summed E-state index contributed by atoms with van der Waals surface area (Å²) < 4.78 is 5.55. The first-order valence-electron chi connectivity index (χ1n) is 5.36. The molecule has 1 aromatic carbocycles. The van der Waals surface area contributed by atoms with Gasteiger partial charge in [0.2, 0.25) is 0 Å². The van der Waals surface area contributed by atoms with E-state index in [2.05, 4.69) is 6.07 Å². The summed E-state index contributed by atoms with van der Waals surface area (Å²) in [5.41, 5.74) is 1.21. The molecule has 0 radical (unpaired) electrons. The van der Waals surface area contributed by atoms with Gasteiger partial charge in [0.1, 0.15) is 5.75 Å². The van der Waals surface area contributed by atoms with Crippen LogP contribution in [0.25, 0.3) is 0 Å². The quantitative estimate of drug-likeness (QED) is 0.875. The minimum atomic E-state index is -0.728. The first-order valence-corrected chi connectivity index (χ1v) is 6.35. The van der Waals surface area contributed by atoms with Crippen LogP contribution in [0.1, 0.15) is 18.4 Å². The zero-order valence-corrected chi connectivity index (χ0v) is 9.76. The van der Waals surface area contributed by atoms with Crippen molar-refractivity contribution >= 4 is 17.7 Å². The van der Waals surface area contributed by atoms with E-state index < -0.39 is 5.97 Å². The van der Waals surface area contributed by atoms with Crippen molar-refractivity contribution in [2.75, 3.05) is 12.4 Å². The van der Waals surface area contributed by atoms with Crippen molar-refractivity contribution in [3.05, 3.63) is 23.8 Å². The molecule has 1 aliphatic rings. The molecule has 0 spiro atoms. The molecular formula is C12H14O3S. The number of ether oxygens (including phenoxy) is 1. The smallest absolute Gasteiger partial charge is 0.303 e. The maximum absolute atomic E-state index is 10.4. The number of benzene rings is 1. The van der Waals surface area contributed by atoms with Gasteiger partial charge in [0.25, 0.3) is 0 Å². The van der Waals surface area contributed by atoms with Crippen molar-refractivity contribution in [2.24, 2.45) is 0 Å². The minimum absolute atomic E-state index is 0.231. The Kier molecular flexibility index (Phi) is 3.72. The second-order valence-corrected chi connectivity index (χ2v) is 4.79. The predicted molar refractivity (Wildman–Crippen MR) is 63.2 cm³/mol.